The summed E-state index contributed by atoms with van der Waals surface area (Å²) in [6, 6.07) is 3.61. The van der Waals surface area contributed by atoms with Crippen molar-refractivity contribution in [3.63, 3.8) is 0 Å². The third-order valence-corrected chi connectivity index (χ3v) is 2.93. The first-order valence-electron chi connectivity index (χ1n) is 5.86. The molecule has 1 aromatic rings. The number of rotatable bonds is 6. The van der Waals surface area contributed by atoms with Crippen LogP contribution in [0, 0.1) is 0 Å². The smallest absolute Gasteiger partial charge is 0.371 e. The van der Waals surface area contributed by atoms with Crippen LogP contribution in [0.2, 0.25) is 0 Å². The van der Waals surface area contributed by atoms with Gasteiger partial charge in [-0.1, -0.05) is 0 Å². The van der Waals surface area contributed by atoms with Crippen LogP contribution in [0.5, 0.6) is 0 Å². The number of carboxylic acids is 1. The molecule has 0 aromatic carbocycles. The SMILES string of the molecule is CCOC1CC(NCc2ccc(C(=O)O)o2)C1. The Morgan fingerprint density at radius 3 is 2.94 bits per heavy atom. The van der Waals surface area contributed by atoms with Crippen molar-refractivity contribution >= 4 is 5.97 Å². The number of carbonyl (C=O) groups is 1. The third kappa shape index (κ3) is 3.08. The quantitative estimate of drug-likeness (QED) is 0.789. The van der Waals surface area contributed by atoms with E-state index in [1.807, 2.05) is 6.92 Å². The Balaban J connectivity index is 1.70. The van der Waals surface area contributed by atoms with E-state index in [0.29, 0.717) is 24.5 Å². The molecule has 0 spiro atoms. The summed E-state index contributed by atoms with van der Waals surface area (Å²) >= 11 is 0. The van der Waals surface area contributed by atoms with Crippen LogP contribution < -0.4 is 5.32 Å². The standard InChI is InChI=1S/C12H17NO4/c1-2-16-10-5-8(6-10)13-7-9-3-4-11(17-9)12(14)15/h3-4,8,10,13H,2,5-7H2,1H3,(H,14,15). The van der Waals surface area contributed by atoms with Gasteiger partial charge in [0.1, 0.15) is 5.76 Å². The predicted octanol–water partition coefficient (Wildman–Crippen LogP) is 1.63. The first-order valence-corrected chi connectivity index (χ1v) is 5.86. The zero-order valence-corrected chi connectivity index (χ0v) is 9.81. The molecule has 0 aliphatic heterocycles. The molecule has 17 heavy (non-hydrogen) atoms. The van der Waals surface area contributed by atoms with Crippen molar-refractivity contribution in [1.29, 1.82) is 0 Å². The first kappa shape index (κ1) is 12.1. The second kappa shape index (κ2) is 5.33. The molecule has 5 nitrogen and oxygen atoms in total. The lowest BCUT2D eigenvalue weighted by atomic mass is 9.89. The predicted molar refractivity (Wildman–Crippen MR) is 60.9 cm³/mol. The van der Waals surface area contributed by atoms with Crippen LogP contribution in [0.15, 0.2) is 16.5 Å². The molecule has 94 valence electrons. The Labute approximate surface area is 99.8 Å². The third-order valence-electron chi connectivity index (χ3n) is 2.93. The van der Waals surface area contributed by atoms with Gasteiger partial charge in [0.25, 0.3) is 0 Å². The average Bonchev–Trinajstić information content (AvgIpc) is 2.70. The van der Waals surface area contributed by atoms with Gasteiger partial charge in [-0.15, -0.1) is 0 Å². The van der Waals surface area contributed by atoms with Crippen molar-refractivity contribution in [2.24, 2.45) is 0 Å². The van der Waals surface area contributed by atoms with Crippen LogP contribution in [0.3, 0.4) is 0 Å². The Bertz CT molecular complexity index is 382. The van der Waals surface area contributed by atoms with E-state index in [0.717, 1.165) is 19.4 Å². The van der Waals surface area contributed by atoms with E-state index in [1.54, 1.807) is 6.07 Å². The van der Waals surface area contributed by atoms with Gasteiger partial charge in [0.15, 0.2) is 0 Å². The monoisotopic (exact) mass is 239 g/mol. The summed E-state index contributed by atoms with van der Waals surface area (Å²) in [5, 5.41) is 12.0. The Morgan fingerprint density at radius 1 is 1.59 bits per heavy atom. The summed E-state index contributed by atoms with van der Waals surface area (Å²) in [7, 11) is 0. The summed E-state index contributed by atoms with van der Waals surface area (Å²) in [5.41, 5.74) is 0. The summed E-state index contributed by atoms with van der Waals surface area (Å²) in [5.74, 6) is -0.388. The molecule has 1 aliphatic carbocycles. The highest BCUT2D eigenvalue weighted by molar-refractivity contribution is 5.84. The molecule has 0 bridgehead atoms. The second-order valence-electron chi connectivity index (χ2n) is 4.20. The summed E-state index contributed by atoms with van der Waals surface area (Å²) in [6.45, 7) is 3.32. The van der Waals surface area contributed by atoms with Crippen LogP contribution in [0.25, 0.3) is 0 Å². The highest BCUT2D eigenvalue weighted by Crippen LogP contribution is 2.23. The maximum Gasteiger partial charge on any atom is 0.371 e. The van der Waals surface area contributed by atoms with E-state index in [9.17, 15) is 4.79 Å². The molecule has 0 atom stereocenters. The molecule has 0 unspecified atom stereocenters. The number of hydrogen-bond acceptors (Lipinski definition) is 4. The highest BCUT2D eigenvalue weighted by atomic mass is 16.5. The van der Waals surface area contributed by atoms with Gasteiger partial charge in [-0.3, -0.25) is 0 Å². The van der Waals surface area contributed by atoms with Gasteiger partial charge < -0.3 is 19.6 Å². The summed E-state index contributed by atoms with van der Waals surface area (Å²) in [6.07, 6.45) is 2.41. The zero-order valence-electron chi connectivity index (χ0n) is 9.81. The molecule has 2 rings (SSSR count). The summed E-state index contributed by atoms with van der Waals surface area (Å²) < 4.78 is 10.6. The fourth-order valence-corrected chi connectivity index (χ4v) is 1.94. The first-order chi connectivity index (χ1) is 8.19. The number of furan rings is 1. The second-order valence-corrected chi connectivity index (χ2v) is 4.20. The number of hydrogen-bond donors (Lipinski definition) is 2. The number of aromatic carboxylic acids is 1. The average molecular weight is 239 g/mol. The molecule has 1 heterocycles. The van der Waals surface area contributed by atoms with Gasteiger partial charge >= 0.3 is 5.97 Å². The molecule has 0 amide bonds. The van der Waals surface area contributed by atoms with Crippen molar-refractivity contribution in [2.75, 3.05) is 6.61 Å². The molecule has 2 N–H and O–H groups in total. The van der Waals surface area contributed by atoms with Crippen molar-refractivity contribution < 1.29 is 19.1 Å². The molecule has 5 heteroatoms. The minimum Gasteiger partial charge on any atom is -0.475 e. The maximum absolute atomic E-state index is 10.6. The van der Waals surface area contributed by atoms with Gasteiger partial charge in [-0.05, 0) is 31.9 Å². The lowest BCUT2D eigenvalue weighted by Crippen LogP contribution is -2.45. The number of nitrogens with one attached hydrogen (secondary N) is 1. The van der Waals surface area contributed by atoms with Crippen LogP contribution >= 0.6 is 0 Å². The van der Waals surface area contributed by atoms with E-state index >= 15 is 0 Å². The van der Waals surface area contributed by atoms with Gasteiger partial charge in [0, 0.05) is 12.6 Å². The van der Waals surface area contributed by atoms with E-state index in [1.165, 1.54) is 6.07 Å². The molecule has 1 fully saturated rings. The van der Waals surface area contributed by atoms with Crippen molar-refractivity contribution in [2.45, 2.75) is 38.5 Å². The van der Waals surface area contributed by atoms with Crippen LogP contribution in [0.4, 0.5) is 0 Å². The van der Waals surface area contributed by atoms with E-state index < -0.39 is 5.97 Å². The minimum absolute atomic E-state index is 0.0115. The molecule has 1 aliphatic rings. The van der Waals surface area contributed by atoms with Crippen molar-refractivity contribution in [3.05, 3.63) is 23.7 Å². The molecular formula is C12H17NO4. The van der Waals surface area contributed by atoms with Gasteiger partial charge in [0.05, 0.1) is 12.6 Å². The molecule has 0 radical (unpaired) electrons. The number of ether oxygens (including phenoxy) is 1. The molecule has 1 saturated carbocycles. The van der Waals surface area contributed by atoms with Crippen LogP contribution in [0.1, 0.15) is 36.1 Å². The maximum atomic E-state index is 10.6. The normalized spacial score (nSPS) is 23.4. The molecular weight excluding hydrogens is 222 g/mol. The Kier molecular flexibility index (Phi) is 3.81. The van der Waals surface area contributed by atoms with Crippen LogP contribution in [-0.2, 0) is 11.3 Å². The Morgan fingerprint density at radius 2 is 2.35 bits per heavy atom. The zero-order chi connectivity index (χ0) is 12.3. The fraction of sp³-hybridized carbons (Fsp3) is 0.583. The van der Waals surface area contributed by atoms with Gasteiger partial charge in [0.2, 0.25) is 5.76 Å². The van der Waals surface area contributed by atoms with Crippen molar-refractivity contribution in [3.8, 4) is 0 Å². The van der Waals surface area contributed by atoms with E-state index in [4.69, 9.17) is 14.3 Å². The minimum atomic E-state index is -1.03. The number of carboxylic acid groups (broad SMARTS) is 1. The fourth-order valence-electron chi connectivity index (χ4n) is 1.94. The van der Waals surface area contributed by atoms with E-state index in [-0.39, 0.29) is 5.76 Å². The molecule has 1 aromatic heterocycles. The largest absolute Gasteiger partial charge is 0.475 e. The molecule has 0 saturated heterocycles. The van der Waals surface area contributed by atoms with Crippen LogP contribution in [-0.4, -0.2) is 29.8 Å². The van der Waals surface area contributed by atoms with Gasteiger partial charge in [-0.2, -0.15) is 0 Å². The topological polar surface area (TPSA) is 71.7 Å². The van der Waals surface area contributed by atoms with Crippen molar-refractivity contribution in [1.82, 2.24) is 5.32 Å². The summed E-state index contributed by atoms with van der Waals surface area (Å²) in [4.78, 5) is 10.6. The van der Waals surface area contributed by atoms with E-state index in [2.05, 4.69) is 5.32 Å². The lowest BCUT2D eigenvalue weighted by molar-refractivity contribution is -0.0105. The lowest BCUT2D eigenvalue weighted by Gasteiger charge is -2.35. The Hall–Kier alpha value is -1.33. The van der Waals surface area contributed by atoms with Gasteiger partial charge in [-0.25, -0.2) is 4.79 Å². The highest BCUT2D eigenvalue weighted by Gasteiger charge is 2.29.